The van der Waals surface area contributed by atoms with E-state index in [1.807, 2.05) is 19.1 Å². The van der Waals surface area contributed by atoms with Gasteiger partial charge in [0.25, 0.3) is 0 Å². The Kier molecular flexibility index (Phi) is 5.68. The minimum Gasteiger partial charge on any atom is -0.494 e. The van der Waals surface area contributed by atoms with Crippen LogP contribution < -0.4 is 10.2 Å². The molecule has 4 nitrogen and oxygen atoms in total. The summed E-state index contributed by atoms with van der Waals surface area (Å²) < 4.78 is 18.2. The van der Waals surface area contributed by atoms with E-state index in [2.05, 4.69) is 41.5 Å². The maximum Gasteiger partial charge on any atom is 0.495 e. The van der Waals surface area contributed by atoms with E-state index in [1.54, 1.807) is 0 Å². The Morgan fingerprint density at radius 3 is 2.04 bits per heavy atom. The second kappa shape index (κ2) is 7.07. The lowest BCUT2D eigenvalue weighted by Gasteiger charge is -2.32. The molecule has 0 amide bonds. The van der Waals surface area contributed by atoms with Gasteiger partial charge in [-0.05, 0) is 82.6 Å². The third-order valence-corrected chi connectivity index (χ3v) is 5.25. The first-order valence-electron chi connectivity index (χ1n) is 8.78. The van der Waals surface area contributed by atoms with Gasteiger partial charge in [-0.2, -0.15) is 0 Å². The van der Waals surface area contributed by atoms with Crippen molar-refractivity contribution in [3.63, 3.8) is 0 Å². The zero-order valence-corrected chi connectivity index (χ0v) is 16.1. The van der Waals surface area contributed by atoms with Crippen LogP contribution >= 0.6 is 0 Å². The van der Waals surface area contributed by atoms with Crippen molar-refractivity contribution in [1.82, 2.24) is 0 Å². The van der Waals surface area contributed by atoms with Crippen LogP contribution in [0.4, 0.5) is 0 Å². The number of aliphatic hydroxyl groups is 1. The van der Waals surface area contributed by atoms with Crippen LogP contribution in [0.3, 0.4) is 0 Å². The molecule has 134 valence electrons. The van der Waals surface area contributed by atoms with Gasteiger partial charge < -0.3 is 19.2 Å². The molecule has 1 heterocycles. The lowest BCUT2D eigenvalue weighted by Crippen LogP contribution is -2.41. The number of benzene rings is 1. The second-order valence-corrected chi connectivity index (χ2v) is 7.98. The van der Waals surface area contributed by atoms with Crippen molar-refractivity contribution in [3.8, 4) is 5.75 Å². The van der Waals surface area contributed by atoms with Crippen molar-refractivity contribution in [2.45, 2.75) is 66.1 Å². The van der Waals surface area contributed by atoms with Crippen LogP contribution in [0.15, 0.2) is 12.1 Å². The summed E-state index contributed by atoms with van der Waals surface area (Å²) in [6.07, 6.45) is 0.841. The molecular formula is C19H31BO4. The van der Waals surface area contributed by atoms with Crippen molar-refractivity contribution in [1.29, 1.82) is 0 Å². The van der Waals surface area contributed by atoms with Gasteiger partial charge in [0, 0.05) is 6.61 Å². The molecule has 24 heavy (non-hydrogen) atoms. The minimum atomic E-state index is -0.349. The van der Waals surface area contributed by atoms with Gasteiger partial charge in [-0.3, -0.25) is 0 Å². The number of ether oxygens (including phenoxy) is 1. The molecule has 1 aromatic carbocycles. The average molecular weight is 334 g/mol. The zero-order chi connectivity index (χ0) is 18.1. The number of hydrogen-bond acceptors (Lipinski definition) is 4. The van der Waals surface area contributed by atoms with Crippen molar-refractivity contribution < 1.29 is 19.2 Å². The summed E-state index contributed by atoms with van der Waals surface area (Å²) in [5.41, 5.74) is 2.63. The topological polar surface area (TPSA) is 47.9 Å². The molecule has 0 bridgehead atoms. The molecule has 1 aliphatic heterocycles. The van der Waals surface area contributed by atoms with Crippen LogP contribution in [0.1, 0.15) is 52.2 Å². The smallest absolute Gasteiger partial charge is 0.494 e. The molecule has 1 aromatic rings. The highest BCUT2D eigenvalue weighted by atomic mass is 16.7. The van der Waals surface area contributed by atoms with Gasteiger partial charge in [0.05, 0.1) is 17.8 Å². The van der Waals surface area contributed by atoms with Crippen LogP contribution in [0.25, 0.3) is 0 Å². The third kappa shape index (κ3) is 3.96. The maximum atomic E-state index is 9.08. The van der Waals surface area contributed by atoms with Gasteiger partial charge in [0.1, 0.15) is 5.75 Å². The summed E-state index contributed by atoms with van der Waals surface area (Å²) in [5.74, 6) is 1.12. The molecule has 2 rings (SSSR count). The Labute approximate surface area is 146 Å². The Balaban J connectivity index is 2.14. The third-order valence-electron chi connectivity index (χ3n) is 5.25. The largest absolute Gasteiger partial charge is 0.495 e. The van der Waals surface area contributed by atoms with Crippen LogP contribution in [-0.2, 0) is 9.31 Å². The lowest BCUT2D eigenvalue weighted by molar-refractivity contribution is 0.00578. The van der Waals surface area contributed by atoms with E-state index < -0.39 is 0 Å². The number of rotatable bonds is 6. The monoisotopic (exact) mass is 334 g/mol. The van der Waals surface area contributed by atoms with Crippen molar-refractivity contribution in [2.24, 2.45) is 5.92 Å². The van der Waals surface area contributed by atoms with Crippen LogP contribution in [-0.4, -0.2) is 36.6 Å². The predicted octanol–water partition coefficient (Wildman–Crippen LogP) is 3.00. The van der Waals surface area contributed by atoms with Gasteiger partial charge in [-0.1, -0.05) is 6.92 Å². The Morgan fingerprint density at radius 1 is 1.08 bits per heavy atom. The summed E-state index contributed by atoms with van der Waals surface area (Å²) in [6.45, 7) is 15.2. The van der Waals surface area contributed by atoms with Gasteiger partial charge in [-0.15, -0.1) is 0 Å². The molecule has 1 aliphatic rings. The number of aliphatic hydroxyl groups excluding tert-OH is 1. The zero-order valence-electron chi connectivity index (χ0n) is 16.1. The molecular weight excluding hydrogens is 303 g/mol. The van der Waals surface area contributed by atoms with Crippen molar-refractivity contribution in [3.05, 3.63) is 23.3 Å². The Hall–Kier alpha value is -1.04. The molecule has 0 aliphatic carbocycles. The van der Waals surface area contributed by atoms with Gasteiger partial charge in [-0.25, -0.2) is 0 Å². The summed E-state index contributed by atoms with van der Waals surface area (Å²) in [4.78, 5) is 0. The molecule has 5 heteroatoms. The standard InChI is InChI=1S/C19H31BO4/c1-13(12-21)8-9-22-16-10-14(2)17(15(3)11-16)20-23-18(4,5)19(6,7)24-20/h10-11,13,21H,8-9,12H2,1-7H3. The van der Waals surface area contributed by atoms with E-state index in [4.69, 9.17) is 19.2 Å². The normalized spacial score (nSPS) is 20.2. The van der Waals surface area contributed by atoms with Crippen LogP contribution in [0.2, 0.25) is 0 Å². The SMILES string of the molecule is Cc1cc(OCCC(C)CO)cc(C)c1B1OC(C)(C)C(C)(C)O1. The first kappa shape index (κ1) is 19.3. The Morgan fingerprint density at radius 2 is 1.58 bits per heavy atom. The molecule has 1 atom stereocenters. The highest BCUT2D eigenvalue weighted by molar-refractivity contribution is 6.63. The van der Waals surface area contributed by atoms with E-state index in [0.29, 0.717) is 6.61 Å². The van der Waals surface area contributed by atoms with E-state index in [-0.39, 0.29) is 30.8 Å². The Bertz CT molecular complexity index is 544. The van der Waals surface area contributed by atoms with E-state index >= 15 is 0 Å². The first-order chi connectivity index (χ1) is 11.1. The summed E-state index contributed by atoms with van der Waals surface area (Å²) in [5, 5.41) is 9.08. The highest BCUT2D eigenvalue weighted by Crippen LogP contribution is 2.37. The molecule has 0 radical (unpaired) electrons. The summed E-state index contributed by atoms with van der Waals surface area (Å²) >= 11 is 0. The van der Waals surface area contributed by atoms with Crippen molar-refractivity contribution in [2.75, 3.05) is 13.2 Å². The van der Waals surface area contributed by atoms with Crippen LogP contribution in [0, 0.1) is 19.8 Å². The quantitative estimate of drug-likeness (QED) is 0.813. The van der Waals surface area contributed by atoms with E-state index in [9.17, 15) is 0 Å². The lowest BCUT2D eigenvalue weighted by atomic mass is 9.73. The molecule has 0 spiro atoms. The molecule has 1 saturated heterocycles. The first-order valence-corrected chi connectivity index (χ1v) is 8.78. The summed E-state index contributed by atoms with van der Waals surface area (Å²) in [7, 11) is -0.349. The molecule has 0 saturated carbocycles. The van der Waals surface area contributed by atoms with Crippen molar-refractivity contribution >= 4 is 12.6 Å². The highest BCUT2D eigenvalue weighted by Gasteiger charge is 2.52. The fourth-order valence-electron chi connectivity index (χ4n) is 2.82. The maximum absolute atomic E-state index is 9.08. The molecule has 0 aromatic heterocycles. The molecule has 1 unspecified atom stereocenters. The van der Waals surface area contributed by atoms with E-state index in [1.165, 1.54) is 0 Å². The van der Waals surface area contributed by atoms with Gasteiger partial charge in [0.15, 0.2) is 0 Å². The fourth-order valence-corrected chi connectivity index (χ4v) is 2.82. The predicted molar refractivity (Wildman–Crippen MR) is 98.0 cm³/mol. The van der Waals surface area contributed by atoms with Gasteiger partial charge in [0.2, 0.25) is 0 Å². The van der Waals surface area contributed by atoms with Crippen LogP contribution in [0.5, 0.6) is 5.75 Å². The van der Waals surface area contributed by atoms with E-state index in [0.717, 1.165) is 28.8 Å². The minimum absolute atomic E-state index is 0.197. The average Bonchev–Trinajstić information content (AvgIpc) is 2.66. The number of aryl methyl sites for hydroxylation is 2. The second-order valence-electron chi connectivity index (χ2n) is 7.98. The summed E-state index contributed by atoms with van der Waals surface area (Å²) in [6, 6.07) is 4.08. The number of hydrogen-bond donors (Lipinski definition) is 1. The van der Waals surface area contributed by atoms with Gasteiger partial charge >= 0.3 is 7.12 Å². The fraction of sp³-hybridized carbons (Fsp3) is 0.684. The molecule has 1 N–H and O–H groups in total. The molecule has 1 fully saturated rings.